The van der Waals surface area contributed by atoms with Crippen LogP contribution in [-0.4, -0.2) is 13.7 Å². The summed E-state index contributed by atoms with van der Waals surface area (Å²) in [7, 11) is 1.47. The molecule has 0 heterocycles. The van der Waals surface area contributed by atoms with Crippen molar-refractivity contribution in [2.45, 2.75) is 33.1 Å². The van der Waals surface area contributed by atoms with Crippen molar-refractivity contribution in [2.75, 3.05) is 13.7 Å². The molecule has 0 aromatic heterocycles. The summed E-state index contributed by atoms with van der Waals surface area (Å²) in [6.07, 6.45) is 2.83. The van der Waals surface area contributed by atoms with Crippen molar-refractivity contribution in [3.05, 3.63) is 29.6 Å². The number of ether oxygens (including phenoxy) is 1. The van der Waals surface area contributed by atoms with Crippen molar-refractivity contribution in [2.24, 2.45) is 11.1 Å². The van der Waals surface area contributed by atoms with Crippen LogP contribution in [0.15, 0.2) is 18.2 Å². The van der Waals surface area contributed by atoms with E-state index < -0.39 is 0 Å². The lowest BCUT2D eigenvalue weighted by Crippen LogP contribution is -2.31. The van der Waals surface area contributed by atoms with Gasteiger partial charge < -0.3 is 10.5 Å². The number of methoxy groups -OCH3 is 1. The Kier molecular flexibility index (Phi) is 4.94. The topological polar surface area (TPSA) is 35.2 Å². The summed E-state index contributed by atoms with van der Waals surface area (Å²) in [5.74, 6) is -0.0109. The van der Waals surface area contributed by atoms with Crippen LogP contribution in [0.2, 0.25) is 0 Å². The SMILES string of the molecule is CCC(CC)(CN)Cc1ccc(OC)c(F)c1. The Morgan fingerprint density at radius 2 is 1.94 bits per heavy atom. The van der Waals surface area contributed by atoms with Gasteiger partial charge in [0.1, 0.15) is 0 Å². The number of benzene rings is 1. The molecule has 0 bridgehead atoms. The fourth-order valence-corrected chi connectivity index (χ4v) is 2.11. The Labute approximate surface area is 103 Å². The predicted molar refractivity (Wildman–Crippen MR) is 68.7 cm³/mol. The molecule has 2 nitrogen and oxygen atoms in total. The van der Waals surface area contributed by atoms with Crippen molar-refractivity contribution in [1.29, 1.82) is 0 Å². The van der Waals surface area contributed by atoms with Crippen LogP contribution in [-0.2, 0) is 6.42 Å². The molecule has 3 heteroatoms. The molecule has 96 valence electrons. The quantitative estimate of drug-likeness (QED) is 0.827. The van der Waals surface area contributed by atoms with Gasteiger partial charge in [0.25, 0.3) is 0 Å². The van der Waals surface area contributed by atoms with Crippen LogP contribution < -0.4 is 10.5 Å². The van der Waals surface area contributed by atoms with Crippen LogP contribution >= 0.6 is 0 Å². The van der Waals surface area contributed by atoms with E-state index in [1.54, 1.807) is 12.1 Å². The van der Waals surface area contributed by atoms with Crippen molar-refractivity contribution >= 4 is 0 Å². The summed E-state index contributed by atoms with van der Waals surface area (Å²) in [6, 6.07) is 5.14. The molecule has 1 rings (SSSR count). The third-order valence-corrected chi connectivity index (χ3v) is 3.73. The van der Waals surface area contributed by atoms with E-state index in [1.807, 2.05) is 6.07 Å². The van der Waals surface area contributed by atoms with Crippen molar-refractivity contribution in [3.63, 3.8) is 0 Å². The van der Waals surface area contributed by atoms with E-state index in [2.05, 4.69) is 13.8 Å². The molecular weight excluding hydrogens is 217 g/mol. The summed E-state index contributed by atoms with van der Waals surface area (Å²) in [6.45, 7) is 4.90. The normalized spacial score (nSPS) is 11.6. The highest BCUT2D eigenvalue weighted by Gasteiger charge is 2.25. The first kappa shape index (κ1) is 14.0. The average molecular weight is 239 g/mol. The number of rotatable bonds is 6. The number of hydrogen-bond acceptors (Lipinski definition) is 2. The molecule has 0 saturated heterocycles. The second-order valence-corrected chi connectivity index (χ2v) is 4.56. The Morgan fingerprint density at radius 1 is 1.29 bits per heavy atom. The number of hydrogen-bond donors (Lipinski definition) is 1. The summed E-state index contributed by atoms with van der Waals surface area (Å²) in [4.78, 5) is 0. The van der Waals surface area contributed by atoms with Crippen LogP contribution in [0.25, 0.3) is 0 Å². The van der Waals surface area contributed by atoms with Gasteiger partial charge in [-0.05, 0) is 48.9 Å². The zero-order valence-electron chi connectivity index (χ0n) is 10.9. The second-order valence-electron chi connectivity index (χ2n) is 4.56. The van der Waals surface area contributed by atoms with Gasteiger partial charge in [-0.2, -0.15) is 0 Å². The predicted octanol–water partition coefficient (Wildman–Crippen LogP) is 3.14. The van der Waals surface area contributed by atoms with Crippen LogP contribution in [0.4, 0.5) is 4.39 Å². The van der Waals surface area contributed by atoms with E-state index in [4.69, 9.17) is 10.5 Å². The Morgan fingerprint density at radius 3 is 2.35 bits per heavy atom. The van der Waals surface area contributed by atoms with E-state index in [0.29, 0.717) is 12.3 Å². The molecule has 0 unspecified atom stereocenters. The molecule has 0 fully saturated rings. The maximum Gasteiger partial charge on any atom is 0.165 e. The molecule has 0 atom stereocenters. The third-order valence-electron chi connectivity index (χ3n) is 3.73. The molecule has 1 aromatic carbocycles. The molecular formula is C14H22FNO. The zero-order valence-corrected chi connectivity index (χ0v) is 10.9. The largest absolute Gasteiger partial charge is 0.494 e. The summed E-state index contributed by atoms with van der Waals surface area (Å²) in [5.41, 5.74) is 6.92. The molecule has 2 N–H and O–H groups in total. The minimum absolute atomic E-state index is 0.0844. The molecule has 1 aromatic rings. The maximum atomic E-state index is 13.6. The summed E-state index contributed by atoms with van der Waals surface area (Å²) in [5, 5.41) is 0. The van der Waals surface area contributed by atoms with E-state index in [9.17, 15) is 4.39 Å². The maximum absolute atomic E-state index is 13.6. The molecule has 0 saturated carbocycles. The van der Waals surface area contributed by atoms with Gasteiger partial charge >= 0.3 is 0 Å². The van der Waals surface area contributed by atoms with Crippen molar-refractivity contribution in [1.82, 2.24) is 0 Å². The van der Waals surface area contributed by atoms with Gasteiger partial charge in [-0.25, -0.2) is 4.39 Å². The van der Waals surface area contributed by atoms with Gasteiger partial charge in [0.05, 0.1) is 7.11 Å². The lowest BCUT2D eigenvalue weighted by Gasteiger charge is -2.30. The van der Waals surface area contributed by atoms with E-state index in [0.717, 1.165) is 24.8 Å². The van der Waals surface area contributed by atoms with Crippen LogP contribution in [0, 0.1) is 11.2 Å². The summed E-state index contributed by atoms with van der Waals surface area (Å²) < 4.78 is 18.5. The molecule has 0 aliphatic heterocycles. The molecule has 0 aliphatic rings. The average Bonchev–Trinajstić information content (AvgIpc) is 2.36. The minimum Gasteiger partial charge on any atom is -0.494 e. The Bertz CT molecular complexity index is 353. The van der Waals surface area contributed by atoms with Gasteiger partial charge in [-0.3, -0.25) is 0 Å². The Hall–Kier alpha value is -1.09. The third kappa shape index (κ3) is 3.19. The first-order valence-corrected chi connectivity index (χ1v) is 6.13. The molecule has 0 aliphatic carbocycles. The molecule has 0 spiro atoms. The minimum atomic E-state index is -0.303. The number of halogens is 1. The monoisotopic (exact) mass is 239 g/mol. The van der Waals surface area contributed by atoms with Crippen LogP contribution in [0.1, 0.15) is 32.3 Å². The zero-order chi connectivity index (χ0) is 12.9. The highest BCUT2D eigenvalue weighted by molar-refractivity contribution is 5.30. The first-order chi connectivity index (χ1) is 8.10. The second kappa shape index (κ2) is 6.01. The number of nitrogens with two attached hydrogens (primary N) is 1. The lowest BCUT2D eigenvalue weighted by molar-refractivity contribution is 0.270. The van der Waals surface area contributed by atoms with Crippen LogP contribution in [0.3, 0.4) is 0 Å². The Balaban J connectivity index is 2.90. The standard InChI is InChI=1S/C14H22FNO/c1-4-14(5-2,10-16)9-11-6-7-13(17-3)12(15)8-11/h6-8H,4-5,9-10,16H2,1-3H3. The lowest BCUT2D eigenvalue weighted by atomic mass is 9.77. The first-order valence-electron chi connectivity index (χ1n) is 6.13. The van der Waals surface area contributed by atoms with Crippen molar-refractivity contribution in [3.8, 4) is 5.75 Å². The van der Waals surface area contributed by atoms with E-state index in [1.165, 1.54) is 7.11 Å². The highest BCUT2D eigenvalue weighted by Crippen LogP contribution is 2.31. The van der Waals surface area contributed by atoms with Gasteiger partial charge in [0.15, 0.2) is 11.6 Å². The smallest absolute Gasteiger partial charge is 0.165 e. The van der Waals surface area contributed by atoms with Gasteiger partial charge in [-0.1, -0.05) is 19.9 Å². The van der Waals surface area contributed by atoms with Crippen molar-refractivity contribution < 1.29 is 9.13 Å². The summed E-state index contributed by atoms with van der Waals surface area (Å²) >= 11 is 0. The van der Waals surface area contributed by atoms with Gasteiger partial charge in [0.2, 0.25) is 0 Å². The van der Waals surface area contributed by atoms with E-state index in [-0.39, 0.29) is 11.2 Å². The molecule has 0 amide bonds. The van der Waals surface area contributed by atoms with Gasteiger partial charge in [-0.15, -0.1) is 0 Å². The molecule has 0 radical (unpaired) electrons. The van der Waals surface area contributed by atoms with Crippen LogP contribution in [0.5, 0.6) is 5.75 Å². The molecule has 17 heavy (non-hydrogen) atoms. The van der Waals surface area contributed by atoms with Gasteiger partial charge in [0, 0.05) is 0 Å². The fourth-order valence-electron chi connectivity index (χ4n) is 2.11. The fraction of sp³-hybridized carbons (Fsp3) is 0.571. The van der Waals surface area contributed by atoms with E-state index >= 15 is 0 Å². The highest BCUT2D eigenvalue weighted by atomic mass is 19.1.